The van der Waals surface area contributed by atoms with E-state index in [1.165, 1.54) is 11.3 Å². The number of piperazine rings is 1. The molecule has 2 aromatic carbocycles. The predicted molar refractivity (Wildman–Crippen MR) is 150 cm³/mol. The smallest absolute Gasteiger partial charge is 0.319 e. The number of likely N-dealkylation sites (tertiary alicyclic amines) is 1. The predicted octanol–water partition coefficient (Wildman–Crippen LogP) is 3.52. The van der Waals surface area contributed by atoms with Crippen LogP contribution < -0.4 is 20.7 Å². The maximum Gasteiger partial charge on any atom is 0.319 e. The van der Waals surface area contributed by atoms with Crippen molar-refractivity contribution < 1.29 is 14.2 Å². The van der Waals surface area contributed by atoms with Gasteiger partial charge in [0.05, 0.1) is 27.9 Å². The minimum Gasteiger partial charge on any atom is -0.462 e. The Bertz CT molecular complexity index is 1500. The molecule has 4 aromatic rings. The number of nitrogens with zero attached hydrogens (tertiary/aromatic N) is 5. The Morgan fingerprint density at radius 1 is 1.24 bits per heavy atom. The van der Waals surface area contributed by atoms with Gasteiger partial charge in [0.1, 0.15) is 17.9 Å². The molecule has 9 nitrogen and oxygen atoms in total. The number of aliphatic hydroxyl groups excluding tert-OH is 1. The number of ether oxygens (including phenoxy) is 1. The Kier molecular flexibility index (Phi) is 6.95. The first-order chi connectivity index (χ1) is 18.4. The molecule has 0 amide bonds. The number of halogens is 2. The van der Waals surface area contributed by atoms with Crippen molar-refractivity contribution in [2.45, 2.75) is 24.9 Å². The number of para-hydroxylation sites is 1. The Morgan fingerprint density at radius 2 is 2.11 bits per heavy atom. The second-order valence-electron chi connectivity index (χ2n) is 9.80. The van der Waals surface area contributed by atoms with Crippen molar-refractivity contribution in [1.82, 2.24) is 25.2 Å². The molecule has 4 heterocycles. The highest BCUT2D eigenvalue weighted by Gasteiger charge is 2.29. The van der Waals surface area contributed by atoms with Crippen molar-refractivity contribution in [1.29, 1.82) is 0 Å². The molecule has 0 bridgehead atoms. The fraction of sp³-hybridized carbons (Fsp3) is 0.423. The summed E-state index contributed by atoms with van der Waals surface area (Å²) in [5.41, 5.74) is 7.41. The molecule has 2 atom stereocenters. The van der Waals surface area contributed by atoms with E-state index in [4.69, 9.17) is 27.1 Å². The van der Waals surface area contributed by atoms with Crippen LogP contribution in [0.4, 0.5) is 15.3 Å². The summed E-state index contributed by atoms with van der Waals surface area (Å²) in [4.78, 5) is 17.9. The van der Waals surface area contributed by atoms with Gasteiger partial charge in [-0.25, -0.2) is 9.37 Å². The fourth-order valence-corrected chi connectivity index (χ4v) is 6.48. The second-order valence-corrected chi connectivity index (χ2v) is 11.3. The number of hydrogen-bond donors (Lipinski definition) is 3. The topological polar surface area (TPSA) is 113 Å². The zero-order chi connectivity index (χ0) is 26.4. The van der Waals surface area contributed by atoms with Gasteiger partial charge in [0.25, 0.3) is 0 Å². The first-order valence-corrected chi connectivity index (χ1v) is 13.9. The molecule has 0 spiro atoms. The van der Waals surface area contributed by atoms with Crippen LogP contribution >= 0.6 is 22.9 Å². The summed E-state index contributed by atoms with van der Waals surface area (Å²) in [5.74, 6) is -0.0810. The third-order valence-corrected chi connectivity index (χ3v) is 8.60. The number of hydrogen-bond acceptors (Lipinski definition) is 10. The van der Waals surface area contributed by atoms with Gasteiger partial charge in [0.15, 0.2) is 10.9 Å². The van der Waals surface area contributed by atoms with Crippen molar-refractivity contribution >= 4 is 55.0 Å². The van der Waals surface area contributed by atoms with Crippen LogP contribution in [0.3, 0.4) is 0 Å². The van der Waals surface area contributed by atoms with Gasteiger partial charge in [0.2, 0.25) is 0 Å². The summed E-state index contributed by atoms with van der Waals surface area (Å²) in [6.45, 7) is 3.20. The largest absolute Gasteiger partial charge is 0.462 e. The van der Waals surface area contributed by atoms with Gasteiger partial charge in [-0.15, -0.1) is 0 Å². The van der Waals surface area contributed by atoms with Gasteiger partial charge in [-0.1, -0.05) is 35.1 Å². The van der Waals surface area contributed by atoms with Crippen molar-refractivity contribution in [3.63, 3.8) is 0 Å². The quantitative estimate of drug-likeness (QED) is 0.328. The highest BCUT2D eigenvalue weighted by Crippen LogP contribution is 2.42. The third-order valence-electron chi connectivity index (χ3n) is 7.46. The van der Waals surface area contributed by atoms with Gasteiger partial charge in [-0.3, -0.25) is 0 Å². The van der Waals surface area contributed by atoms with E-state index in [0.717, 1.165) is 24.1 Å². The van der Waals surface area contributed by atoms with E-state index < -0.39 is 5.82 Å². The average molecular weight is 558 g/mol. The number of thiazole rings is 1. The normalized spacial score (nSPS) is 20.6. The average Bonchev–Trinajstić information content (AvgIpc) is 3.51. The van der Waals surface area contributed by atoms with E-state index in [-0.39, 0.29) is 40.8 Å². The van der Waals surface area contributed by atoms with Crippen molar-refractivity contribution in [3.05, 3.63) is 35.1 Å². The highest BCUT2D eigenvalue weighted by molar-refractivity contribution is 7.22. The van der Waals surface area contributed by atoms with Gasteiger partial charge in [-0.2, -0.15) is 9.97 Å². The van der Waals surface area contributed by atoms with E-state index in [0.29, 0.717) is 53.7 Å². The number of likely N-dealkylation sites (N-methyl/N-ethyl adjacent to an activating group) is 1. The molecule has 4 N–H and O–H groups in total. The molecule has 200 valence electrons. The minimum absolute atomic E-state index is 0.0803. The van der Waals surface area contributed by atoms with Crippen molar-refractivity contribution in [3.8, 4) is 17.1 Å². The van der Waals surface area contributed by atoms with E-state index in [9.17, 15) is 5.11 Å². The number of benzene rings is 2. The number of rotatable bonds is 6. The Hall–Kier alpha value is -2.83. The van der Waals surface area contributed by atoms with Gasteiger partial charge in [0, 0.05) is 42.2 Å². The van der Waals surface area contributed by atoms with Crippen LogP contribution in [0, 0.1) is 5.82 Å². The third kappa shape index (κ3) is 4.52. The van der Waals surface area contributed by atoms with Gasteiger partial charge < -0.3 is 30.7 Å². The molecule has 2 aliphatic rings. The molecular weight excluding hydrogens is 529 g/mol. The summed E-state index contributed by atoms with van der Waals surface area (Å²) >= 11 is 8.10. The standard InChI is InChI=1S/C26H29ClFN7O2S/c1-34-8-3-4-14(34)13-37-26-32-23-17(24(33-26)35-9-7-30-11-15(35)12-36)10-18(27)20(21(23)28)16-5-2-6-19-22(16)31-25(29)38-19/h2,5-6,10,14-15,30,36H,3-4,7-9,11-13H2,1H3,(H2,29,31)/t14-,15+/m0/s1. The SMILES string of the molecule is CN1CCC[C@H]1COc1nc(N2CCNC[C@@H]2CO)c2cc(Cl)c(-c3cccc4sc(N)nc34)c(F)c2n1. The molecule has 6 rings (SSSR count). The van der Waals surface area contributed by atoms with Gasteiger partial charge >= 0.3 is 6.01 Å². The lowest BCUT2D eigenvalue weighted by Gasteiger charge is -2.36. The summed E-state index contributed by atoms with van der Waals surface area (Å²) in [5, 5.41) is 14.4. The lowest BCUT2D eigenvalue weighted by atomic mass is 10.0. The molecule has 38 heavy (non-hydrogen) atoms. The molecule has 2 saturated heterocycles. The Balaban J connectivity index is 1.52. The number of nitrogen functional groups attached to an aromatic ring is 1. The number of anilines is 2. The number of fused-ring (bicyclic) bond motifs is 2. The first-order valence-electron chi connectivity index (χ1n) is 12.7. The van der Waals surface area contributed by atoms with Crippen molar-refractivity contribution in [2.24, 2.45) is 0 Å². The molecule has 2 aromatic heterocycles. The Morgan fingerprint density at radius 3 is 2.89 bits per heavy atom. The highest BCUT2D eigenvalue weighted by atomic mass is 35.5. The molecule has 0 unspecified atom stereocenters. The van der Waals surface area contributed by atoms with E-state index in [1.54, 1.807) is 12.1 Å². The number of nitrogens with two attached hydrogens (primary N) is 1. The maximum absolute atomic E-state index is 16.5. The molecular formula is C26H29ClFN7O2S. The van der Waals surface area contributed by atoms with Crippen LogP contribution in [0.15, 0.2) is 24.3 Å². The van der Waals surface area contributed by atoms with Crippen LogP contribution in [-0.4, -0.2) is 83.5 Å². The summed E-state index contributed by atoms with van der Waals surface area (Å²) < 4.78 is 23.4. The maximum atomic E-state index is 16.5. The monoisotopic (exact) mass is 557 g/mol. The zero-order valence-electron chi connectivity index (χ0n) is 21.0. The van der Waals surface area contributed by atoms with Gasteiger partial charge in [-0.05, 0) is 38.6 Å². The molecule has 0 saturated carbocycles. The number of aliphatic hydroxyl groups is 1. The van der Waals surface area contributed by atoms with E-state index in [1.807, 2.05) is 17.0 Å². The second kappa shape index (κ2) is 10.4. The summed E-state index contributed by atoms with van der Waals surface area (Å²) in [6, 6.07) is 7.33. The number of nitrogens with one attached hydrogen (secondary N) is 1. The van der Waals surface area contributed by atoms with E-state index >= 15 is 4.39 Å². The van der Waals surface area contributed by atoms with Crippen LogP contribution in [0.25, 0.3) is 32.2 Å². The lowest BCUT2D eigenvalue weighted by molar-refractivity contribution is 0.188. The fourth-order valence-electron chi connectivity index (χ4n) is 5.42. The van der Waals surface area contributed by atoms with Crippen molar-refractivity contribution in [2.75, 3.05) is 57.1 Å². The van der Waals surface area contributed by atoms with Crippen LogP contribution in [0.2, 0.25) is 5.02 Å². The molecule has 0 radical (unpaired) electrons. The van der Waals surface area contributed by atoms with Crippen LogP contribution in [0.1, 0.15) is 12.8 Å². The molecule has 2 fully saturated rings. The van der Waals surface area contributed by atoms with Crippen LogP contribution in [0.5, 0.6) is 6.01 Å². The zero-order valence-corrected chi connectivity index (χ0v) is 22.5. The summed E-state index contributed by atoms with van der Waals surface area (Å²) in [6.07, 6.45) is 2.13. The number of aromatic nitrogens is 3. The molecule has 2 aliphatic heterocycles. The molecule has 12 heteroatoms. The summed E-state index contributed by atoms with van der Waals surface area (Å²) in [7, 11) is 2.07. The lowest BCUT2D eigenvalue weighted by Crippen LogP contribution is -2.53. The van der Waals surface area contributed by atoms with E-state index in [2.05, 4.69) is 27.2 Å². The molecule has 0 aliphatic carbocycles. The first kappa shape index (κ1) is 25.4. The minimum atomic E-state index is -0.575. The Labute approximate surface area is 228 Å². The van der Waals surface area contributed by atoms with Crippen LogP contribution in [-0.2, 0) is 0 Å².